The second-order valence-electron chi connectivity index (χ2n) is 3.90. The van der Waals surface area contributed by atoms with Crippen LogP contribution in [0, 0.1) is 6.92 Å². The number of thiol groups is 1. The quantitative estimate of drug-likeness (QED) is 0.440. The zero-order valence-corrected chi connectivity index (χ0v) is 10.0. The summed E-state index contributed by atoms with van der Waals surface area (Å²) in [6.45, 7) is 3.86. The highest BCUT2D eigenvalue weighted by atomic mass is 32.2. The van der Waals surface area contributed by atoms with Crippen LogP contribution in [-0.4, -0.2) is 5.75 Å². The molecule has 0 nitrogen and oxygen atoms in total. The van der Waals surface area contributed by atoms with Crippen molar-refractivity contribution in [3.05, 3.63) is 29.9 Å². The molecule has 14 heavy (non-hydrogen) atoms. The van der Waals surface area contributed by atoms with Crippen LogP contribution in [0.4, 0.5) is 0 Å². The Kier molecular flexibility index (Phi) is 6.94. The molecular weight excluding hydrogens is 188 g/mol. The molecule has 0 aromatic rings. The minimum Gasteiger partial charge on any atom is -0.213 e. The molecule has 1 aliphatic rings. The van der Waals surface area contributed by atoms with Crippen LogP contribution in [-0.2, 0) is 0 Å². The van der Waals surface area contributed by atoms with Crippen LogP contribution in [0.3, 0.4) is 0 Å². The lowest BCUT2D eigenvalue weighted by molar-refractivity contribution is 0.612. The SMILES string of the molecule is [CH2]CCCCCCCC[SH]1C=CC=C1. The third-order valence-electron chi connectivity index (χ3n) is 2.58. The van der Waals surface area contributed by atoms with Crippen LogP contribution < -0.4 is 0 Å². The van der Waals surface area contributed by atoms with E-state index < -0.39 is 0 Å². The van der Waals surface area contributed by atoms with E-state index in [0.29, 0.717) is 0 Å². The van der Waals surface area contributed by atoms with Gasteiger partial charge >= 0.3 is 0 Å². The fourth-order valence-corrected chi connectivity index (χ4v) is 3.32. The van der Waals surface area contributed by atoms with E-state index in [1.165, 1.54) is 44.3 Å². The Hall–Kier alpha value is -0.170. The topological polar surface area (TPSA) is 0 Å². The Labute approximate surface area is 91.8 Å². The molecule has 0 unspecified atom stereocenters. The predicted octanol–water partition coefficient (Wildman–Crippen LogP) is 4.59. The number of allylic oxidation sites excluding steroid dienone is 2. The van der Waals surface area contributed by atoms with Gasteiger partial charge in [0, 0.05) is 0 Å². The summed E-state index contributed by atoms with van der Waals surface area (Å²) in [6.07, 6.45) is 13.9. The van der Waals surface area contributed by atoms with Crippen molar-refractivity contribution in [1.29, 1.82) is 0 Å². The van der Waals surface area contributed by atoms with Crippen LogP contribution in [0.2, 0.25) is 0 Å². The van der Waals surface area contributed by atoms with Gasteiger partial charge in [0.25, 0.3) is 0 Å². The number of hydrogen-bond acceptors (Lipinski definition) is 0. The zero-order valence-electron chi connectivity index (χ0n) is 9.12. The molecule has 0 fully saturated rings. The summed E-state index contributed by atoms with van der Waals surface area (Å²) >= 11 is 0. The molecule has 1 heterocycles. The van der Waals surface area contributed by atoms with Gasteiger partial charge in [-0.1, -0.05) is 57.6 Å². The van der Waals surface area contributed by atoms with Gasteiger partial charge in [0.05, 0.1) is 0 Å². The van der Waals surface area contributed by atoms with Crippen molar-refractivity contribution in [2.45, 2.75) is 44.9 Å². The molecule has 1 rings (SSSR count). The van der Waals surface area contributed by atoms with Crippen LogP contribution in [0.15, 0.2) is 23.0 Å². The maximum Gasteiger partial charge on any atom is -0.0185 e. The first kappa shape index (κ1) is 11.9. The largest absolute Gasteiger partial charge is 0.213 e. The van der Waals surface area contributed by atoms with Crippen molar-refractivity contribution in [1.82, 2.24) is 0 Å². The molecule has 0 N–H and O–H groups in total. The number of hydrogen-bond donors (Lipinski definition) is 1. The van der Waals surface area contributed by atoms with Crippen molar-refractivity contribution in [3.63, 3.8) is 0 Å². The number of rotatable bonds is 8. The van der Waals surface area contributed by atoms with Gasteiger partial charge in [-0.2, -0.15) is 0 Å². The molecule has 0 atom stereocenters. The van der Waals surface area contributed by atoms with E-state index in [1.54, 1.807) is 0 Å². The standard InChI is InChI=1S/C13H23S/c1-2-3-4-5-6-7-8-11-14-12-9-10-13-14/h9-10,12-14H,1-8,11H2. The fourth-order valence-electron chi connectivity index (χ4n) is 1.70. The van der Waals surface area contributed by atoms with Crippen molar-refractivity contribution >= 4 is 10.9 Å². The smallest absolute Gasteiger partial charge is 0.0185 e. The lowest BCUT2D eigenvalue weighted by atomic mass is 10.1. The monoisotopic (exact) mass is 211 g/mol. The Morgan fingerprint density at radius 3 is 2.00 bits per heavy atom. The van der Waals surface area contributed by atoms with Gasteiger partial charge in [-0.25, -0.2) is 10.9 Å². The number of unbranched alkanes of at least 4 members (excludes halogenated alkanes) is 6. The van der Waals surface area contributed by atoms with Crippen LogP contribution in [0.1, 0.15) is 44.9 Å². The second-order valence-corrected chi connectivity index (χ2v) is 5.97. The van der Waals surface area contributed by atoms with Crippen molar-refractivity contribution < 1.29 is 0 Å². The zero-order chi connectivity index (χ0) is 10.1. The lowest BCUT2D eigenvalue weighted by Gasteiger charge is -2.08. The molecule has 0 spiro atoms. The molecule has 0 saturated carbocycles. The molecular formula is C13H23S. The van der Waals surface area contributed by atoms with Gasteiger partial charge < -0.3 is 0 Å². The first-order valence-electron chi connectivity index (χ1n) is 5.83. The third-order valence-corrected chi connectivity index (χ3v) is 4.53. The summed E-state index contributed by atoms with van der Waals surface area (Å²) in [4.78, 5) is 0. The molecule has 0 aromatic heterocycles. The molecule has 0 saturated heterocycles. The van der Waals surface area contributed by atoms with E-state index in [4.69, 9.17) is 0 Å². The van der Waals surface area contributed by atoms with Crippen LogP contribution in [0.5, 0.6) is 0 Å². The predicted molar refractivity (Wildman–Crippen MR) is 69.8 cm³/mol. The van der Waals surface area contributed by atoms with Gasteiger partial charge in [-0.3, -0.25) is 0 Å². The van der Waals surface area contributed by atoms with Gasteiger partial charge in [0.1, 0.15) is 0 Å². The van der Waals surface area contributed by atoms with Crippen molar-refractivity contribution in [2.75, 3.05) is 5.75 Å². The van der Waals surface area contributed by atoms with E-state index in [9.17, 15) is 0 Å². The first-order valence-corrected chi connectivity index (χ1v) is 7.50. The Morgan fingerprint density at radius 1 is 0.786 bits per heavy atom. The van der Waals surface area contributed by atoms with E-state index in [0.717, 1.165) is 6.42 Å². The van der Waals surface area contributed by atoms with Crippen LogP contribution >= 0.6 is 10.9 Å². The highest BCUT2D eigenvalue weighted by Gasteiger charge is 1.98. The second kappa shape index (κ2) is 8.16. The fraction of sp³-hybridized carbons (Fsp3) is 0.615. The Morgan fingerprint density at radius 2 is 1.36 bits per heavy atom. The van der Waals surface area contributed by atoms with E-state index in [2.05, 4.69) is 29.9 Å². The van der Waals surface area contributed by atoms with E-state index >= 15 is 0 Å². The molecule has 1 heteroatoms. The first-order chi connectivity index (χ1) is 6.93. The molecule has 81 valence electrons. The highest BCUT2D eigenvalue weighted by Crippen LogP contribution is 2.33. The molecule has 0 aromatic carbocycles. The van der Waals surface area contributed by atoms with Crippen molar-refractivity contribution in [3.8, 4) is 0 Å². The van der Waals surface area contributed by atoms with Gasteiger partial charge in [0.2, 0.25) is 0 Å². The summed E-state index contributed by atoms with van der Waals surface area (Å²) in [5, 5.41) is 4.75. The van der Waals surface area contributed by atoms with Crippen molar-refractivity contribution in [2.24, 2.45) is 0 Å². The minimum absolute atomic E-state index is 0.156. The Bertz CT molecular complexity index is 170. The van der Waals surface area contributed by atoms with Gasteiger partial charge in [-0.05, 0) is 23.0 Å². The highest BCUT2D eigenvalue weighted by molar-refractivity contribution is 8.22. The summed E-state index contributed by atoms with van der Waals surface area (Å²) < 4.78 is 0. The Balaban J connectivity index is 1.80. The normalized spacial score (nSPS) is 16.8. The van der Waals surface area contributed by atoms with E-state index in [1.807, 2.05) is 0 Å². The van der Waals surface area contributed by atoms with Gasteiger partial charge in [0.15, 0.2) is 0 Å². The summed E-state index contributed by atoms with van der Waals surface area (Å²) in [6, 6.07) is 0. The molecule has 0 bridgehead atoms. The van der Waals surface area contributed by atoms with Crippen LogP contribution in [0.25, 0.3) is 0 Å². The molecule has 1 radical (unpaired) electrons. The maximum atomic E-state index is 3.86. The summed E-state index contributed by atoms with van der Waals surface area (Å²) in [5.74, 6) is 1.41. The molecule has 0 aliphatic carbocycles. The minimum atomic E-state index is 0.156. The lowest BCUT2D eigenvalue weighted by Crippen LogP contribution is -1.84. The molecule has 1 aliphatic heterocycles. The summed E-state index contributed by atoms with van der Waals surface area (Å²) in [5.41, 5.74) is 0. The molecule has 0 amide bonds. The van der Waals surface area contributed by atoms with E-state index in [-0.39, 0.29) is 10.9 Å². The average molecular weight is 211 g/mol. The maximum absolute atomic E-state index is 3.86. The average Bonchev–Trinajstić information content (AvgIpc) is 2.69. The third kappa shape index (κ3) is 5.54. The summed E-state index contributed by atoms with van der Waals surface area (Å²) in [7, 11) is 0.156. The van der Waals surface area contributed by atoms with Gasteiger partial charge in [-0.15, -0.1) is 0 Å².